The zero-order chi connectivity index (χ0) is 19.9. The molecule has 0 spiro atoms. The van der Waals surface area contributed by atoms with Crippen molar-refractivity contribution in [1.82, 2.24) is 10.2 Å². The third-order valence-electron chi connectivity index (χ3n) is 7.58. The van der Waals surface area contributed by atoms with Gasteiger partial charge in [0.25, 0.3) is 0 Å². The minimum atomic E-state index is -0.926. The molecule has 2 atom stereocenters. The largest absolute Gasteiger partial charge is 0.481 e. The van der Waals surface area contributed by atoms with E-state index in [0.717, 1.165) is 17.8 Å². The maximum Gasteiger partial charge on any atom is 0.305 e. The lowest BCUT2D eigenvalue weighted by Gasteiger charge is -2.56. The molecule has 4 bridgehead atoms. The number of amides is 2. The molecule has 5 aliphatic rings. The molecular weight excluding hydrogens is 360 g/mol. The molecule has 1 aliphatic heterocycles. The Morgan fingerprint density at radius 3 is 2.21 bits per heavy atom. The quantitative estimate of drug-likeness (QED) is 0.689. The van der Waals surface area contributed by atoms with Crippen LogP contribution in [0.3, 0.4) is 0 Å². The van der Waals surface area contributed by atoms with Crippen molar-refractivity contribution in [1.29, 1.82) is 0 Å². The molecule has 1 heterocycles. The Labute approximate surface area is 166 Å². The van der Waals surface area contributed by atoms with Gasteiger partial charge in [-0.3, -0.25) is 14.4 Å². The second kappa shape index (κ2) is 7.65. The number of carboxylic acid groups (broad SMARTS) is 1. The van der Waals surface area contributed by atoms with Gasteiger partial charge in [0.05, 0.1) is 19.1 Å². The average Bonchev–Trinajstić information content (AvgIpc) is 3.00. The van der Waals surface area contributed by atoms with Crippen LogP contribution in [-0.4, -0.2) is 60.1 Å². The summed E-state index contributed by atoms with van der Waals surface area (Å²) in [6, 6.07) is -0.366. The molecule has 0 radical (unpaired) electrons. The third-order valence-corrected chi connectivity index (χ3v) is 7.58. The first kappa shape index (κ1) is 19.7. The van der Waals surface area contributed by atoms with Crippen LogP contribution in [0.1, 0.15) is 57.8 Å². The number of likely N-dealkylation sites (tertiary alicyclic amines) is 1. The van der Waals surface area contributed by atoms with Crippen molar-refractivity contribution < 1.29 is 24.2 Å². The Bertz CT molecular complexity index is 613. The first-order valence-electron chi connectivity index (χ1n) is 10.7. The highest BCUT2D eigenvalue weighted by Gasteiger charge is 2.51. The van der Waals surface area contributed by atoms with Crippen LogP contribution in [0.15, 0.2) is 0 Å². The fraction of sp³-hybridized carbons (Fsp3) is 0.857. The summed E-state index contributed by atoms with van der Waals surface area (Å²) in [5.74, 6) is 1.22. The number of methoxy groups -OCH3 is 1. The number of carbonyl (C=O) groups excluding carboxylic acids is 2. The Morgan fingerprint density at radius 2 is 1.68 bits per heavy atom. The number of ether oxygens (including phenoxy) is 1. The Kier molecular flexibility index (Phi) is 5.38. The summed E-state index contributed by atoms with van der Waals surface area (Å²) in [6.07, 6.45) is 8.37. The molecule has 1 saturated heterocycles. The van der Waals surface area contributed by atoms with Crippen LogP contribution in [0.5, 0.6) is 0 Å². The minimum absolute atomic E-state index is 0.0347. The summed E-state index contributed by atoms with van der Waals surface area (Å²) in [5.41, 5.74) is 0.155. The van der Waals surface area contributed by atoms with Crippen molar-refractivity contribution in [3.8, 4) is 0 Å². The monoisotopic (exact) mass is 392 g/mol. The van der Waals surface area contributed by atoms with E-state index >= 15 is 0 Å². The van der Waals surface area contributed by atoms with Gasteiger partial charge in [0, 0.05) is 26.1 Å². The molecule has 7 heteroatoms. The molecule has 5 fully saturated rings. The molecule has 2 amide bonds. The second-order valence-corrected chi connectivity index (χ2v) is 9.76. The predicted octanol–water partition coefficient (Wildman–Crippen LogP) is 1.80. The minimum Gasteiger partial charge on any atom is -0.481 e. The first-order chi connectivity index (χ1) is 13.4. The molecule has 156 valence electrons. The highest BCUT2D eigenvalue weighted by atomic mass is 16.5. The molecule has 7 nitrogen and oxygen atoms in total. The molecule has 4 saturated carbocycles. The predicted molar refractivity (Wildman–Crippen MR) is 101 cm³/mol. The molecule has 0 aromatic carbocycles. The molecule has 0 aromatic heterocycles. The summed E-state index contributed by atoms with van der Waals surface area (Å²) in [6.45, 7) is 0.329. The maximum atomic E-state index is 12.6. The van der Waals surface area contributed by atoms with Crippen molar-refractivity contribution in [2.24, 2.45) is 23.2 Å². The molecule has 2 N–H and O–H groups in total. The SMILES string of the molecule is COC1CC(CC(=O)O)N(C(=O)CNC(=O)CC23CC4CC(CC(C4)C2)C3)C1. The van der Waals surface area contributed by atoms with Crippen molar-refractivity contribution in [2.45, 2.75) is 69.9 Å². The van der Waals surface area contributed by atoms with Crippen LogP contribution >= 0.6 is 0 Å². The van der Waals surface area contributed by atoms with Crippen LogP contribution in [0.4, 0.5) is 0 Å². The zero-order valence-corrected chi connectivity index (χ0v) is 16.7. The number of nitrogens with zero attached hydrogens (tertiary/aromatic N) is 1. The van der Waals surface area contributed by atoms with Gasteiger partial charge in [-0.15, -0.1) is 0 Å². The van der Waals surface area contributed by atoms with Gasteiger partial charge in [0.2, 0.25) is 11.8 Å². The number of nitrogens with one attached hydrogen (secondary N) is 1. The second-order valence-electron chi connectivity index (χ2n) is 9.76. The maximum absolute atomic E-state index is 12.6. The van der Waals surface area contributed by atoms with Gasteiger partial charge in [-0.1, -0.05) is 0 Å². The third kappa shape index (κ3) is 4.04. The summed E-state index contributed by atoms with van der Waals surface area (Å²) in [7, 11) is 1.57. The number of carbonyl (C=O) groups is 3. The average molecular weight is 392 g/mol. The smallest absolute Gasteiger partial charge is 0.305 e. The van der Waals surface area contributed by atoms with Crippen LogP contribution in [0.2, 0.25) is 0 Å². The van der Waals surface area contributed by atoms with Gasteiger partial charge < -0.3 is 20.1 Å². The lowest BCUT2D eigenvalue weighted by molar-refractivity contribution is -0.141. The Balaban J connectivity index is 1.29. The Morgan fingerprint density at radius 1 is 1.07 bits per heavy atom. The van der Waals surface area contributed by atoms with E-state index in [4.69, 9.17) is 9.84 Å². The highest BCUT2D eigenvalue weighted by Crippen LogP contribution is 2.61. The number of hydrogen-bond acceptors (Lipinski definition) is 4. The van der Waals surface area contributed by atoms with E-state index in [-0.39, 0.29) is 42.3 Å². The van der Waals surface area contributed by atoms with Gasteiger partial charge in [0.15, 0.2) is 0 Å². The molecule has 4 aliphatic carbocycles. The van der Waals surface area contributed by atoms with E-state index in [1.54, 1.807) is 12.0 Å². The fourth-order valence-corrected chi connectivity index (χ4v) is 6.93. The van der Waals surface area contributed by atoms with E-state index in [0.29, 0.717) is 19.4 Å². The van der Waals surface area contributed by atoms with Gasteiger partial charge in [-0.25, -0.2) is 0 Å². The van der Waals surface area contributed by atoms with Crippen molar-refractivity contribution in [3.05, 3.63) is 0 Å². The molecule has 5 rings (SSSR count). The van der Waals surface area contributed by atoms with E-state index in [1.165, 1.54) is 38.5 Å². The zero-order valence-electron chi connectivity index (χ0n) is 16.7. The number of hydrogen-bond donors (Lipinski definition) is 2. The van der Waals surface area contributed by atoms with Gasteiger partial charge in [-0.2, -0.15) is 0 Å². The summed E-state index contributed by atoms with van der Waals surface area (Å²) >= 11 is 0. The van der Waals surface area contributed by atoms with Crippen molar-refractivity contribution >= 4 is 17.8 Å². The lowest BCUT2D eigenvalue weighted by atomic mass is 9.49. The van der Waals surface area contributed by atoms with E-state index in [2.05, 4.69) is 5.32 Å². The van der Waals surface area contributed by atoms with Gasteiger partial charge >= 0.3 is 5.97 Å². The summed E-state index contributed by atoms with van der Waals surface area (Å²) in [5, 5.41) is 11.9. The summed E-state index contributed by atoms with van der Waals surface area (Å²) < 4.78 is 5.31. The number of carboxylic acids is 1. The fourth-order valence-electron chi connectivity index (χ4n) is 6.93. The first-order valence-corrected chi connectivity index (χ1v) is 10.7. The highest BCUT2D eigenvalue weighted by molar-refractivity contribution is 5.85. The van der Waals surface area contributed by atoms with E-state index < -0.39 is 5.97 Å². The molecule has 0 aromatic rings. The van der Waals surface area contributed by atoms with Crippen LogP contribution in [0.25, 0.3) is 0 Å². The molecular formula is C21H32N2O5. The van der Waals surface area contributed by atoms with E-state index in [1.807, 2.05) is 0 Å². The number of rotatable bonds is 7. The lowest BCUT2D eigenvalue weighted by Crippen LogP contribution is -2.49. The van der Waals surface area contributed by atoms with Crippen molar-refractivity contribution in [3.63, 3.8) is 0 Å². The van der Waals surface area contributed by atoms with E-state index in [9.17, 15) is 14.4 Å². The van der Waals surface area contributed by atoms with Crippen LogP contribution in [0, 0.1) is 23.2 Å². The molecule has 2 unspecified atom stereocenters. The normalized spacial score (nSPS) is 38.6. The summed E-state index contributed by atoms with van der Waals surface area (Å²) in [4.78, 5) is 37.9. The van der Waals surface area contributed by atoms with Gasteiger partial charge in [0.1, 0.15) is 0 Å². The molecule has 28 heavy (non-hydrogen) atoms. The Hall–Kier alpha value is -1.63. The standard InChI is InChI=1S/C21H32N2O5/c1-28-17-5-16(6-20(26)27)23(12-17)19(25)11-22-18(24)10-21-7-13-2-14(8-21)4-15(3-13)9-21/h13-17H,2-12H2,1H3,(H,22,24)(H,26,27). The van der Waals surface area contributed by atoms with Gasteiger partial charge in [-0.05, 0) is 68.1 Å². The number of aliphatic carboxylic acids is 1. The van der Waals surface area contributed by atoms with Crippen LogP contribution in [-0.2, 0) is 19.1 Å². The topological polar surface area (TPSA) is 95.9 Å². The van der Waals surface area contributed by atoms with Crippen LogP contribution < -0.4 is 5.32 Å². The van der Waals surface area contributed by atoms with Crippen molar-refractivity contribution in [2.75, 3.05) is 20.2 Å².